The number of carbonyl (C=O) groups excluding carboxylic acids is 1. The van der Waals surface area contributed by atoms with Gasteiger partial charge in [-0.15, -0.1) is 0 Å². The van der Waals surface area contributed by atoms with E-state index < -0.39 is 0 Å². The first kappa shape index (κ1) is 18.9. The van der Waals surface area contributed by atoms with Gasteiger partial charge in [0.25, 0.3) is 5.56 Å². The third-order valence-electron chi connectivity index (χ3n) is 5.50. The second kappa shape index (κ2) is 7.55. The highest BCUT2D eigenvalue weighted by atomic mass is 16.1. The number of ketones is 1. The Bertz CT molecular complexity index is 1260. The van der Waals surface area contributed by atoms with Crippen LogP contribution in [-0.2, 0) is 6.42 Å². The van der Waals surface area contributed by atoms with Gasteiger partial charge in [0.05, 0.1) is 5.52 Å². The summed E-state index contributed by atoms with van der Waals surface area (Å²) in [5.74, 6) is 0.0627. The summed E-state index contributed by atoms with van der Waals surface area (Å²) in [4.78, 5) is 28.4. The van der Waals surface area contributed by atoms with Crippen LogP contribution >= 0.6 is 0 Å². The van der Waals surface area contributed by atoms with Crippen LogP contribution < -0.4 is 5.56 Å². The highest BCUT2D eigenvalue weighted by Gasteiger charge is 2.21. The zero-order valence-electron chi connectivity index (χ0n) is 17.0. The minimum atomic E-state index is -0.0984. The van der Waals surface area contributed by atoms with Crippen LogP contribution in [0.1, 0.15) is 39.3 Å². The summed E-state index contributed by atoms with van der Waals surface area (Å²) in [7, 11) is 0. The Balaban J connectivity index is 1.74. The van der Waals surface area contributed by atoms with Gasteiger partial charge in [0.15, 0.2) is 5.78 Å². The molecule has 0 bridgehead atoms. The van der Waals surface area contributed by atoms with E-state index in [0.29, 0.717) is 18.4 Å². The topological polar surface area (TPSA) is 54.9 Å². The van der Waals surface area contributed by atoms with Crippen LogP contribution in [0.3, 0.4) is 0 Å². The molecule has 0 aliphatic rings. The minimum absolute atomic E-state index is 0.0627. The molecule has 4 nitrogen and oxygen atoms in total. The minimum Gasteiger partial charge on any atom is -0.326 e. The molecular formula is C25H24N2O2. The number of H-pyrrole nitrogens is 1. The van der Waals surface area contributed by atoms with Gasteiger partial charge in [0.2, 0.25) is 0 Å². The average Bonchev–Trinajstić information content (AvgIpc) is 2.99. The maximum Gasteiger partial charge on any atom is 0.251 e. The van der Waals surface area contributed by atoms with Gasteiger partial charge in [-0.2, -0.15) is 0 Å². The van der Waals surface area contributed by atoms with Crippen LogP contribution in [0.4, 0.5) is 0 Å². The monoisotopic (exact) mass is 384 g/mol. The zero-order chi connectivity index (χ0) is 20.5. The standard InChI is InChI=1S/C25H24N2O2/c1-16-15-17(2)26-25(29)20(16)13-14-23(28)24-18(3)27(19-9-5-4-6-10-19)22-12-8-7-11-21(22)24/h4-12,15H,13-14H2,1-3H3,(H,26,29). The number of nitrogens with zero attached hydrogens (tertiary/aromatic N) is 1. The molecule has 2 aromatic carbocycles. The van der Waals surface area contributed by atoms with E-state index >= 15 is 0 Å². The Morgan fingerprint density at radius 3 is 2.38 bits per heavy atom. The number of carbonyl (C=O) groups is 1. The van der Waals surface area contributed by atoms with Crippen molar-refractivity contribution in [2.24, 2.45) is 0 Å². The number of hydrogen-bond acceptors (Lipinski definition) is 2. The molecule has 0 spiro atoms. The largest absolute Gasteiger partial charge is 0.326 e. The maximum atomic E-state index is 13.3. The molecule has 4 heteroatoms. The lowest BCUT2D eigenvalue weighted by atomic mass is 9.99. The van der Waals surface area contributed by atoms with Crippen LogP contribution in [-0.4, -0.2) is 15.3 Å². The number of Topliss-reactive ketones (excluding diaryl/α,β-unsaturated/α-hetero) is 1. The van der Waals surface area contributed by atoms with Gasteiger partial charge < -0.3 is 9.55 Å². The number of aromatic nitrogens is 2. The summed E-state index contributed by atoms with van der Waals surface area (Å²) in [5.41, 5.74) is 6.08. The molecule has 0 fully saturated rings. The predicted octanol–water partition coefficient (Wildman–Crippen LogP) is 5.06. The van der Waals surface area contributed by atoms with Crippen molar-refractivity contribution in [2.75, 3.05) is 0 Å². The lowest BCUT2D eigenvalue weighted by molar-refractivity contribution is 0.0983. The molecule has 0 amide bonds. The maximum absolute atomic E-state index is 13.3. The molecule has 4 aromatic rings. The van der Waals surface area contributed by atoms with Crippen molar-refractivity contribution in [2.45, 2.75) is 33.6 Å². The highest BCUT2D eigenvalue weighted by molar-refractivity contribution is 6.10. The molecular weight excluding hydrogens is 360 g/mol. The van der Waals surface area contributed by atoms with Gasteiger partial charge in [-0.3, -0.25) is 9.59 Å². The molecule has 0 aliphatic carbocycles. The van der Waals surface area contributed by atoms with Gasteiger partial charge in [-0.05, 0) is 57.0 Å². The summed E-state index contributed by atoms with van der Waals surface area (Å²) < 4.78 is 2.13. The van der Waals surface area contributed by atoms with E-state index in [0.717, 1.165) is 39.1 Å². The number of pyridine rings is 1. The summed E-state index contributed by atoms with van der Waals surface area (Å²) in [5, 5.41) is 0.952. The summed E-state index contributed by atoms with van der Waals surface area (Å²) >= 11 is 0. The molecule has 0 atom stereocenters. The fourth-order valence-electron chi connectivity index (χ4n) is 4.18. The SMILES string of the molecule is Cc1cc(C)c(CCC(=O)c2c(C)n(-c3ccccc3)c3ccccc23)c(=O)[nH]1. The van der Waals surface area contributed by atoms with Crippen molar-refractivity contribution >= 4 is 16.7 Å². The Morgan fingerprint density at radius 1 is 0.966 bits per heavy atom. The summed E-state index contributed by atoms with van der Waals surface area (Å²) in [6, 6.07) is 20.0. The van der Waals surface area contributed by atoms with Crippen LogP contribution in [0.15, 0.2) is 65.5 Å². The molecule has 0 saturated heterocycles. The summed E-state index contributed by atoms with van der Waals surface area (Å²) in [6.45, 7) is 5.78. The van der Waals surface area contributed by atoms with E-state index in [1.54, 1.807) is 0 Å². The Kier molecular flexibility index (Phi) is 4.93. The number of hydrogen-bond donors (Lipinski definition) is 1. The zero-order valence-corrected chi connectivity index (χ0v) is 17.0. The third-order valence-corrected chi connectivity index (χ3v) is 5.50. The molecule has 4 rings (SSSR count). The molecule has 146 valence electrons. The smallest absolute Gasteiger partial charge is 0.251 e. The van der Waals surface area contributed by atoms with Crippen molar-refractivity contribution in [3.05, 3.63) is 99.1 Å². The van der Waals surface area contributed by atoms with Crippen molar-refractivity contribution in [1.82, 2.24) is 9.55 Å². The number of fused-ring (bicyclic) bond motifs is 1. The number of benzene rings is 2. The lowest BCUT2D eigenvalue weighted by Gasteiger charge is -2.09. The number of aromatic amines is 1. The fourth-order valence-corrected chi connectivity index (χ4v) is 4.18. The molecule has 1 N–H and O–H groups in total. The normalized spacial score (nSPS) is 11.1. The predicted molar refractivity (Wildman–Crippen MR) is 117 cm³/mol. The lowest BCUT2D eigenvalue weighted by Crippen LogP contribution is -2.17. The number of rotatable bonds is 5. The Hall–Kier alpha value is -3.40. The molecule has 0 aliphatic heterocycles. The first-order valence-electron chi connectivity index (χ1n) is 9.85. The number of para-hydroxylation sites is 2. The molecule has 0 radical (unpaired) electrons. The Morgan fingerprint density at radius 2 is 1.66 bits per heavy atom. The molecule has 0 saturated carbocycles. The van der Waals surface area contributed by atoms with Crippen LogP contribution in [0.25, 0.3) is 16.6 Å². The van der Waals surface area contributed by atoms with Crippen molar-refractivity contribution in [3.63, 3.8) is 0 Å². The van der Waals surface area contributed by atoms with E-state index in [1.807, 2.05) is 81.4 Å². The van der Waals surface area contributed by atoms with Crippen molar-refractivity contribution < 1.29 is 4.79 Å². The summed E-state index contributed by atoms with van der Waals surface area (Å²) in [6.07, 6.45) is 0.737. The van der Waals surface area contributed by atoms with Gasteiger partial charge in [0, 0.05) is 40.0 Å². The molecule has 2 aromatic heterocycles. The molecule has 29 heavy (non-hydrogen) atoms. The van der Waals surface area contributed by atoms with Gasteiger partial charge in [0.1, 0.15) is 0 Å². The second-order valence-electron chi connectivity index (χ2n) is 7.51. The van der Waals surface area contributed by atoms with Gasteiger partial charge in [-0.25, -0.2) is 0 Å². The third kappa shape index (κ3) is 3.42. The fraction of sp³-hybridized carbons (Fsp3) is 0.200. The van der Waals surface area contributed by atoms with E-state index in [-0.39, 0.29) is 11.3 Å². The quantitative estimate of drug-likeness (QED) is 0.489. The highest BCUT2D eigenvalue weighted by Crippen LogP contribution is 2.30. The first-order chi connectivity index (χ1) is 14.0. The van der Waals surface area contributed by atoms with Gasteiger partial charge in [-0.1, -0.05) is 36.4 Å². The van der Waals surface area contributed by atoms with Crippen LogP contribution in [0, 0.1) is 20.8 Å². The van der Waals surface area contributed by atoms with Crippen molar-refractivity contribution in [1.29, 1.82) is 0 Å². The average molecular weight is 384 g/mol. The molecule has 0 unspecified atom stereocenters. The second-order valence-corrected chi connectivity index (χ2v) is 7.51. The van der Waals surface area contributed by atoms with Crippen molar-refractivity contribution in [3.8, 4) is 5.69 Å². The number of aryl methyl sites for hydroxylation is 2. The van der Waals surface area contributed by atoms with E-state index in [1.165, 1.54) is 0 Å². The van der Waals surface area contributed by atoms with E-state index in [9.17, 15) is 9.59 Å². The first-order valence-corrected chi connectivity index (χ1v) is 9.85. The molecule has 2 heterocycles. The van der Waals surface area contributed by atoms with Crippen LogP contribution in [0.5, 0.6) is 0 Å². The number of nitrogens with one attached hydrogen (secondary N) is 1. The Labute approximate surface area is 169 Å². The van der Waals surface area contributed by atoms with E-state index in [4.69, 9.17) is 0 Å². The van der Waals surface area contributed by atoms with E-state index in [2.05, 4.69) is 9.55 Å². The van der Waals surface area contributed by atoms with Gasteiger partial charge >= 0.3 is 0 Å². The van der Waals surface area contributed by atoms with Crippen LogP contribution in [0.2, 0.25) is 0 Å².